The Morgan fingerprint density at radius 3 is 2.94 bits per heavy atom. The third kappa shape index (κ3) is 2.02. The molecule has 1 aliphatic rings. The van der Waals surface area contributed by atoms with Gasteiger partial charge in [0.1, 0.15) is 5.75 Å². The number of amides is 1. The number of hydrogen-bond acceptors (Lipinski definition) is 3. The molecule has 4 nitrogen and oxygen atoms in total. The van der Waals surface area contributed by atoms with E-state index in [4.69, 9.17) is 9.57 Å². The fraction of sp³-hybridized carbons (Fsp3) is 0.417. The van der Waals surface area contributed by atoms with Crippen molar-refractivity contribution in [2.24, 2.45) is 0 Å². The minimum absolute atomic E-state index is 0.101. The van der Waals surface area contributed by atoms with E-state index in [-0.39, 0.29) is 5.91 Å². The number of hydrogen-bond donors (Lipinski definition) is 0. The summed E-state index contributed by atoms with van der Waals surface area (Å²) < 4.78 is 5.19. The van der Waals surface area contributed by atoms with Gasteiger partial charge in [0.15, 0.2) is 0 Å². The number of rotatable bonds is 2. The zero-order chi connectivity index (χ0) is 11.5. The molecule has 2 rings (SSSR count). The molecular formula is C12H15NO3. The summed E-state index contributed by atoms with van der Waals surface area (Å²) in [7, 11) is 1.60. The summed E-state index contributed by atoms with van der Waals surface area (Å²) in [5.41, 5.74) is 1.62. The molecule has 4 heteroatoms. The lowest BCUT2D eigenvalue weighted by Gasteiger charge is -2.14. The molecule has 86 valence electrons. The number of aryl methyl sites for hydroxylation is 1. The van der Waals surface area contributed by atoms with E-state index >= 15 is 0 Å². The van der Waals surface area contributed by atoms with Gasteiger partial charge in [-0.3, -0.25) is 9.63 Å². The van der Waals surface area contributed by atoms with Crippen molar-refractivity contribution in [1.82, 2.24) is 5.06 Å². The maximum atomic E-state index is 12.0. The number of ether oxygens (including phenoxy) is 1. The molecule has 0 N–H and O–H groups in total. The summed E-state index contributed by atoms with van der Waals surface area (Å²) in [4.78, 5) is 17.2. The Hall–Kier alpha value is -1.55. The largest absolute Gasteiger partial charge is 0.496 e. The molecule has 1 saturated heterocycles. The lowest BCUT2D eigenvalue weighted by Crippen LogP contribution is -2.26. The summed E-state index contributed by atoms with van der Waals surface area (Å²) in [6.07, 6.45) is 0.898. The van der Waals surface area contributed by atoms with Crippen molar-refractivity contribution in [3.8, 4) is 5.75 Å². The monoisotopic (exact) mass is 221 g/mol. The van der Waals surface area contributed by atoms with Crippen molar-refractivity contribution >= 4 is 5.91 Å². The standard InChI is InChI=1S/C12H15NO3/c1-9-4-5-10(8-11(9)15-2)12(14)13-6-3-7-16-13/h4-5,8H,3,6-7H2,1-2H3. The van der Waals surface area contributed by atoms with Gasteiger partial charge in [-0.1, -0.05) is 6.07 Å². The van der Waals surface area contributed by atoms with Crippen LogP contribution in [0.3, 0.4) is 0 Å². The van der Waals surface area contributed by atoms with Gasteiger partial charge in [-0.2, -0.15) is 0 Å². The zero-order valence-corrected chi connectivity index (χ0v) is 9.53. The van der Waals surface area contributed by atoms with Crippen LogP contribution in [0, 0.1) is 6.92 Å². The van der Waals surface area contributed by atoms with Crippen molar-refractivity contribution < 1.29 is 14.4 Å². The number of methoxy groups -OCH3 is 1. The van der Waals surface area contributed by atoms with E-state index in [0.717, 1.165) is 17.7 Å². The number of carbonyl (C=O) groups excluding carboxylic acids is 1. The Balaban J connectivity index is 2.22. The number of nitrogens with zero attached hydrogens (tertiary/aromatic N) is 1. The maximum Gasteiger partial charge on any atom is 0.277 e. The van der Waals surface area contributed by atoms with Gasteiger partial charge >= 0.3 is 0 Å². The molecule has 0 radical (unpaired) electrons. The van der Waals surface area contributed by atoms with E-state index in [0.29, 0.717) is 18.7 Å². The second kappa shape index (κ2) is 4.53. The molecule has 16 heavy (non-hydrogen) atoms. The van der Waals surface area contributed by atoms with Gasteiger partial charge in [0.2, 0.25) is 0 Å². The minimum atomic E-state index is -0.101. The van der Waals surface area contributed by atoms with Crippen molar-refractivity contribution in [2.45, 2.75) is 13.3 Å². The van der Waals surface area contributed by atoms with Crippen molar-refractivity contribution in [2.75, 3.05) is 20.3 Å². The highest BCUT2D eigenvalue weighted by atomic mass is 16.7. The van der Waals surface area contributed by atoms with Gasteiger partial charge in [-0.05, 0) is 31.0 Å². The molecule has 0 bridgehead atoms. The normalized spacial score (nSPS) is 15.2. The van der Waals surface area contributed by atoms with Crippen LogP contribution in [0.5, 0.6) is 5.75 Å². The third-order valence-corrected chi connectivity index (χ3v) is 2.63. The van der Waals surface area contributed by atoms with Gasteiger partial charge in [0, 0.05) is 5.56 Å². The van der Waals surface area contributed by atoms with Crippen LogP contribution in [0.15, 0.2) is 18.2 Å². The van der Waals surface area contributed by atoms with E-state index < -0.39 is 0 Å². The van der Waals surface area contributed by atoms with E-state index in [1.807, 2.05) is 13.0 Å². The molecule has 1 amide bonds. The molecule has 1 aromatic rings. The Labute approximate surface area is 94.7 Å². The summed E-state index contributed by atoms with van der Waals surface area (Å²) in [6.45, 7) is 3.23. The molecule has 1 aromatic carbocycles. The van der Waals surface area contributed by atoms with Gasteiger partial charge in [-0.15, -0.1) is 0 Å². The Bertz CT molecular complexity index is 397. The zero-order valence-electron chi connectivity index (χ0n) is 9.53. The number of benzene rings is 1. The number of carbonyl (C=O) groups is 1. The van der Waals surface area contributed by atoms with E-state index in [1.54, 1.807) is 19.2 Å². The molecule has 1 aliphatic heterocycles. The smallest absolute Gasteiger partial charge is 0.277 e. The predicted octanol–water partition coefficient (Wildman–Crippen LogP) is 1.78. The van der Waals surface area contributed by atoms with Crippen molar-refractivity contribution in [1.29, 1.82) is 0 Å². The fourth-order valence-electron chi connectivity index (χ4n) is 1.70. The van der Waals surface area contributed by atoms with E-state index in [9.17, 15) is 4.79 Å². The van der Waals surface area contributed by atoms with Crippen LogP contribution in [0.4, 0.5) is 0 Å². The van der Waals surface area contributed by atoms with Gasteiger partial charge in [0.25, 0.3) is 5.91 Å². The topological polar surface area (TPSA) is 38.8 Å². The van der Waals surface area contributed by atoms with Gasteiger partial charge < -0.3 is 4.74 Å². The van der Waals surface area contributed by atoms with Gasteiger partial charge in [0.05, 0.1) is 20.3 Å². The van der Waals surface area contributed by atoms with Crippen LogP contribution in [0.25, 0.3) is 0 Å². The average Bonchev–Trinajstić information content (AvgIpc) is 2.82. The van der Waals surface area contributed by atoms with E-state index in [2.05, 4.69) is 0 Å². The maximum absolute atomic E-state index is 12.0. The van der Waals surface area contributed by atoms with Crippen molar-refractivity contribution in [3.63, 3.8) is 0 Å². The second-order valence-electron chi connectivity index (χ2n) is 3.78. The first-order valence-corrected chi connectivity index (χ1v) is 5.32. The fourth-order valence-corrected chi connectivity index (χ4v) is 1.70. The molecule has 0 aliphatic carbocycles. The molecular weight excluding hydrogens is 206 g/mol. The third-order valence-electron chi connectivity index (χ3n) is 2.63. The Morgan fingerprint density at radius 1 is 1.50 bits per heavy atom. The summed E-state index contributed by atoms with van der Waals surface area (Å²) >= 11 is 0. The number of hydroxylamine groups is 2. The Kier molecular flexibility index (Phi) is 3.10. The summed E-state index contributed by atoms with van der Waals surface area (Å²) in [5, 5.41) is 1.41. The molecule has 0 atom stereocenters. The van der Waals surface area contributed by atoms with Crippen LogP contribution < -0.4 is 4.74 Å². The first kappa shape index (κ1) is 11.0. The SMILES string of the molecule is COc1cc(C(=O)N2CCCO2)ccc1C. The Morgan fingerprint density at radius 2 is 2.31 bits per heavy atom. The summed E-state index contributed by atoms with van der Waals surface area (Å²) in [5.74, 6) is 0.626. The van der Waals surface area contributed by atoms with Crippen LogP contribution in [-0.2, 0) is 4.84 Å². The first-order valence-electron chi connectivity index (χ1n) is 5.32. The molecule has 0 saturated carbocycles. The highest BCUT2D eigenvalue weighted by Crippen LogP contribution is 2.20. The van der Waals surface area contributed by atoms with Gasteiger partial charge in [-0.25, -0.2) is 5.06 Å². The van der Waals surface area contributed by atoms with Crippen LogP contribution in [0.1, 0.15) is 22.3 Å². The molecule has 1 fully saturated rings. The average molecular weight is 221 g/mol. The van der Waals surface area contributed by atoms with Crippen LogP contribution in [-0.4, -0.2) is 31.2 Å². The summed E-state index contributed by atoms with van der Waals surface area (Å²) in [6, 6.07) is 5.42. The molecule has 0 spiro atoms. The van der Waals surface area contributed by atoms with Crippen LogP contribution >= 0.6 is 0 Å². The quantitative estimate of drug-likeness (QED) is 0.764. The molecule has 0 aromatic heterocycles. The van der Waals surface area contributed by atoms with Crippen LogP contribution in [0.2, 0.25) is 0 Å². The lowest BCUT2D eigenvalue weighted by molar-refractivity contribution is -0.0768. The molecule has 1 heterocycles. The van der Waals surface area contributed by atoms with Crippen molar-refractivity contribution in [3.05, 3.63) is 29.3 Å². The predicted molar refractivity (Wildman–Crippen MR) is 59.3 cm³/mol. The highest BCUT2D eigenvalue weighted by Gasteiger charge is 2.21. The molecule has 0 unspecified atom stereocenters. The lowest BCUT2D eigenvalue weighted by atomic mass is 10.1. The second-order valence-corrected chi connectivity index (χ2v) is 3.78. The first-order chi connectivity index (χ1) is 7.72. The highest BCUT2D eigenvalue weighted by molar-refractivity contribution is 5.94. The van der Waals surface area contributed by atoms with E-state index in [1.165, 1.54) is 5.06 Å². The minimum Gasteiger partial charge on any atom is -0.496 e.